The van der Waals surface area contributed by atoms with Gasteiger partial charge >= 0.3 is 11.9 Å². The van der Waals surface area contributed by atoms with Gasteiger partial charge in [0.2, 0.25) is 0 Å². The summed E-state index contributed by atoms with van der Waals surface area (Å²) in [7, 11) is 0. The van der Waals surface area contributed by atoms with Crippen molar-refractivity contribution in [2.75, 3.05) is 0 Å². The van der Waals surface area contributed by atoms with E-state index in [0.717, 1.165) is 38.5 Å². The van der Waals surface area contributed by atoms with Crippen molar-refractivity contribution in [3.63, 3.8) is 0 Å². The first-order chi connectivity index (χ1) is 10.9. The summed E-state index contributed by atoms with van der Waals surface area (Å²) in [6.07, 6.45) is 9.89. The summed E-state index contributed by atoms with van der Waals surface area (Å²) in [6.45, 7) is 4.13. The van der Waals surface area contributed by atoms with Gasteiger partial charge in [-0.3, -0.25) is 0 Å². The van der Waals surface area contributed by atoms with Crippen LogP contribution in [0.1, 0.15) is 65.2 Å². The number of carbonyl (C=O) groups is 2. The Kier molecular flexibility index (Phi) is 7.49. The zero-order valence-corrected chi connectivity index (χ0v) is 14.2. The number of carboxylic acid groups (broad SMARTS) is 2. The number of aliphatic carboxylic acids is 2. The van der Waals surface area contributed by atoms with E-state index in [0.29, 0.717) is 18.4 Å². The standard InChI is InChI=1S/C18H29NO4/c1-3-5-7-9-13-12-18(19,17(22)23)14(10-8-6-4-2)11-15(13)16(20)21/h11-12,14H,3-10,19H2,1-2H3,(H,20,21)(H,22,23). The topological polar surface area (TPSA) is 101 Å². The largest absolute Gasteiger partial charge is 0.480 e. The molecule has 0 aromatic heterocycles. The van der Waals surface area contributed by atoms with Gasteiger partial charge in [-0.1, -0.05) is 52.0 Å². The van der Waals surface area contributed by atoms with E-state index in [2.05, 4.69) is 13.8 Å². The lowest BCUT2D eigenvalue weighted by molar-refractivity contribution is -0.143. The first kappa shape index (κ1) is 19.4. The quantitative estimate of drug-likeness (QED) is 0.534. The molecule has 0 aromatic carbocycles. The number of nitrogens with two attached hydrogens (primary N) is 1. The zero-order valence-electron chi connectivity index (χ0n) is 14.2. The Morgan fingerprint density at radius 3 is 2.26 bits per heavy atom. The minimum atomic E-state index is -1.51. The van der Waals surface area contributed by atoms with Crippen LogP contribution in [0.2, 0.25) is 0 Å². The Morgan fingerprint density at radius 2 is 1.74 bits per heavy atom. The van der Waals surface area contributed by atoms with Crippen LogP contribution < -0.4 is 5.73 Å². The van der Waals surface area contributed by atoms with E-state index in [4.69, 9.17) is 5.73 Å². The first-order valence-electron chi connectivity index (χ1n) is 8.56. The van der Waals surface area contributed by atoms with Crippen LogP contribution in [0, 0.1) is 5.92 Å². The molecule has 0 aliphatic heterocycles. The summed E-state index contributed by atoms with van der Waals surface area (Å²) in [5.41, 5.74) is 5.45. The average molecular weight is 323 g/mol. The molecule has 2 unspecified atom stereocenters. The van der Waals surface area contributed by atoms with Gasteiger partial charge in [-0.25, -0.2) is 9.59 Å². The average Bonchev–Trinajstić information content (AvgIpc) is 2.49. The predicted molar refractivity (Wildman–Crippen MR) is 90.1 cm³/mol. The molecule has 0 spiro atoms. The molecule has 1 aliphatic carbocycles. The highest BCUT2D eigenvalue weighted by molar-refractivity contribution is 5.94. The molecule has 0 radical (unpaired) electrons. The van der Waals surface area contributed by atoms with Crippen molar-refractivity contribution in [1.29, 1.82) is 0 Å². The van der Waals surface area contributed by atoms with E-state index >= 15 is 0 Å². The molecule has 130 valence electrons. The number of carboxylic acids is 2. The van der Waals surface area contributed by atoms with Gasteiger partial charge in [0.15, 0.2) is 0 Å². The van der Waals surface area contributed by atoms with Crippen LogP contribution in [0.25, 0.3) is 0 Å². The minimum Gasteiger partial charge on any atom is -0.480 e. The van der Waals surface area contributed by atoms with Crippen LogP contribution in [0.3, 0.4) is 0 Å². The Hall–Kier alpha value is -1.62. The van der Waals surface area contributed by atoms with E-state index in [1.54, 1.807) is 6.08 Å². The minimum absolute atomic E-state index is 0.227. The molecule has 0 saturated carbocycles. The molecule has 0 amide bonds. The molecule has 0 aromatic rings. The van der Waals surface area contributed by atoms with Gasteiger partial charge in [-0.15, -0.1) is 0 Å². The van der Waals surface area contributed by atoms with Crippen molar-refractivity contribution in [3.05, 3.63) is 23.3 Å². The molecule has 4 N–H and O–H groups in total. The Balaban J connectivity index is 3.08. The summed E-state index contributed by atoms with van der Waals surface area (Å²) < 4.78 is 0. The van der Waals surface area contributed by atoms with E-state index in [1.165, 1.54) is 6.08 Å². The van der Waals surface area contributed by atoms with Crippen molar-refractivity contribution in [1.82, 2.24) is 0 Å². The van der Waals surface area contributed by atoms with E-state index in [1.807, 2.05) is 0 Å². The summed E-state index contributed by atoms with van der Waals surface area (Å²) in [5.74, 6) is -2.57. The van der Waals surface area contributed by atoms with Crippen molar-refractivity contribution >= 4 is 11.9 Å². The highest BCUT2D eigenvalue weighted by Crippen LogP contribution is 2.35. The maximum absolute atomic E-state index is 11.7. The number of rotatable bonds is 10. The van der Waals surface area contributed by atoms with Gasteiger partial charge in [-0.05, 0) is 30.9 Å². The Bertz CT molecular complexity index is 495. The lowest BCUT2D eigenvalue weighted by atomic mass is 9.73. The summed E-state index contributed by atoms with van der Waals surface area (Å²) in [6, 6.07) is 0. The predicted octanol–water partition coefficient (Wildman–Crippen LogP) is 3.50. The molecule has 1 aliphatic rings. The normalized spacial score (nSPS) is 24.0. The highest BCUT2D eigenvalue weighted by Gasteiger charge is 2.43. The maximum Gasteiger partial charge on any atom is 0.335 e. The monoisotopic (exact) mass is 323 g/mol. The zero-order chi connectivity index (χ0) is 17.5. The molecular weight excluding hydrogens is 294 g/mol. The Morgan fingerprint density at radius 1 is 1.13 bits per heavy atom. The molecule has 5 heteroatoms. The third kappa shape index (κ3) is 4.93. The van der Waals surface area contributed by atoms with Crippen molar-refractivity contribution < 1.29 is 19.8 Å². The van der Waals surface area contributed by atoms with E-state index < -0.39 is 23.4 Å². The summed E-state index contributed by atoms with van der Waals surface area (Å²) in [4.78, 5) is 23.3. The molecule has 2 atom stereocenters. The van der Waals surface area contributed by atoms with Crippen LogP contribution >= 0.6 is 0 Å². The van der Waals surface area contributed by atoms with Crippen LogP contribution in [-0.2, 0) is 9.59 Å². The molecule has 0 bridgehead atoms. The van der Waals surface area contributed by atoms with Crippen molar-refractivity contribution in [2.24, 2.45) is 11.7 Å². The Labute approximate surface area is 138 Å². The number of unbranched alkanes of at least 4 members (excludes halogenated alkanes) is 4. The number of hydrogen-bond donors (Lipinski definition) is 3. The lowest BCUT2D eigenvalue weighted by Gasteiger charge is -2.34. The van der Waals surface area contributed by atoms with Gasteiger partial charge in [0.1, 0.15) is 5.54 Å². The molecule has 23 heavy (non-hydrogen) atoms. The summed E-state index contributed by atoms with van der Waals surface area (Å²) >= 11 is 0. The molecule has 1 rings (SSSR count). The fourth-order valence-electron chi connectivity index (χ4n) is 3.06. The molecule has 0 saturated heterocycles. The SMILES string of the molecule is CCCCCC1=CC(N)(C(=O)O)C(CCCCC)C=C1C(=O)O. The smallest absolute Gasteiger partial charge is 0.335 e. The van der Waals surface area contributed by atoms with Gasteiger partial charge in [0.05, 0.1) is 5.57 Å². The number of hydrogen-bond acceptors (Lipinski definition) is 3. The van der Waals surface area contributed by atoms with E-state index in [9.17, 15) is 19.8 Å². The fraction of sp³-hybridized carbons (Fsp3) is 0.667. The third-order valence-electron chi connectivity index (χ3n) is 4.51. The second kappa shape index (κ2) is 8.87. The molecule has 0 fully saturated rings. The van der Waals surface area contributed by atoms with Crippen LogP contribution in [0.5, 0.6) is 0 Å². The second-order valence-corrected chi connectivity index (χ2v) is 6.35. The van der Waals surface area contributed by atoms with Crippen molar-refractivity contribution in [2.45, 2.75) is 70.8 Å². The van der Waals surface area contributed by atoms with Gasteiger partial charge in [-0.2, -0.15) is 0 Å². The first-order valence-corrected chi connectivity index (χ1v) is 8.56. The highest BCUT2D eigenvalue weighted by atomic mass is 16.4. The lowest BCUT2D eigenvalue weighted by Crippen LogP contribution is -2.53. The van der Waals surface area contributed by atoms with Gasteiger partial charge in [0.25, 0.3) is 0 Å². The third-order valence-corrected chi connectivity index (χ3v) is 4.51. The van der Waals surface area contributed by atoms with Crippen LogP contribution in [0.15, 0.2) is 23.3 Å². The molecule has 5 nitrogen and oxygen atoms in total. The van der Waals surface area contributed by atoms with Crippen molar-refractivity contribution in [3.8, 4) is 0 Å². The maximum atomic E-state index is 11.7. The van der Waals surface area contributed by atoms with Gasteiger partial charge in [0, 0.05) is 5.92 Å². The van der Waals surface area contributed by atoms with Gasteiger partial charge < -0.3 is 15.9 Å². The fourth-order valence-corrected chi connectivity index (χ4v) is 3.06. The molecule has 0 heterocycles. The van der Waals surface area contributed by atoms with E-state index in [-0.39, 0.29) is 5.57 Å². The van der Waals surface area contributed by atoms with Crippen LogP contribution in [0.4, 0.5) is 0 Å². The molecular formula is C18H29NO4. The summed E-state index contributed by atoms with van der Waals surface area (Å²) in [5, 5.41) is 19.1. The van der Waals surface area contributed by atoms with Crippen LogP contribution in [-0.4, -0.2) is 27.7 Å². The second-order valence-electron chi connectivity index (χ2n) is 6.35.